The third-order valence-electron chi connectivity index (χ3n) is 4.07. The van der Waals surface area contributed by atoms with Crippen LogP contribution < -0.4 is 16.0 Å². The fraction of sp³-hybridized carbons (Fsp3) is 0.588. The van der Waals surface area contributed by atoms with Gasteiger partial charge in [0.1, 0.15) is 5.82 Å². The van der Waals surface area contributed by atoms with E-state index in [4.69, 9.17) is 0 Å². The van der Waals surface area contributed by atoms with Crippen molar-refractivity contribution in [1.29, 1.82) is 0 Å². The molecule has 0 bridgehead atoms. The molecule has 1 aromatic heterocycles. The molecule has 0 atom stereocenters. The van der Waals surface area contributed by atoms with Crippen molar-refractivity contribution in [2.24, 2.45) is 0 Å². The number of nitrogens with one attached hydrogen (secondary N) is 3. The summed E-state index contributed by atoms with van der Waals surface area (Å²) in [4.78, 5) is 27.7. The molecule has 6 heteroatoms. The topological polar surface area (TPSA) is 83.1 Å². The third-order valence-corrected chi connectivity index (χ3v) is 4.07. The average Bonchev–Trinajstić information content (AvgIpc) is 2.55. The highest BCUT2D eigenvalue weighted by Crippen LogP contribution is 2.17. The van der Waals surface area contributed by atoms with Crippen molar-refractivity contribution in [3.8, 4) is 0 Å². The molecule has 0 unspecified atom stereocenters. The van der Waals surface area contributed by atoms with Crippen LogP contribution in [0.2, 0.25) is 0 Å². The predicted octanol–water partition coefficient (Wildman–Crippen LogP) is 2.74. The number of hydrogen-bond donors (Lipinski definition) is 3. The maximum absolute atomic E-state index is 11.8. The first-order chi connectivity index (χ1) is 11.1. The van der Waals surface area contributed by atoms with Gasteiger partial charge in [0.15, 0.2) is 0 Å². The summed E-state index contributed by atoms with van der Waals surface area (Å²) in [6.45, 7) is 2.40. The second-order valence-corrected chi connectivity index (χ2v) is 6.06. The lowest BCUT2D eigenvalue weighted by molar-refractivity contribution is -0.116. The monoisotopic (exact) mass is 318 g/mol. The Bertz CT molecular complexity index is 527. The van der Waals surface area contributed by atoms with Gasteiger partial charge in [-0.15, -0.1) is 0 Å². The average molecular weight is 318 g/mol. The van der Waals surface area contributed by atoms with Crippen LogP contribution in [0.15, 0.2) is 18.3 Å². The Hall–Kier alpha value is -2.11. The molecule has 1 saturated carbocycles. The largest absolute Gasteiger partial charge is 0.338 e. The third kappa shape index (κ3) is 6.26. The SMILES string of the molecule is Cc1cccnc1NC(=O)CCCNC(=O)NC1CCCCC1. The van der Waals surface area contributed by atoms with Gasteiger partial charge < -0.3 is 16.0 Å². The van der Waals surface area contributed by atoms with Crippen molar-refractivity contribution in [2.75, 3.05) is 11.9 Å². The molecule has 0 saturated heterocycles. The summed E-state index contributed by atoms with van der Waals surface area (Å²) in [7, 11) is 0. The zero-order valence-corrected chi connectivity index (χ0v) is 13.7. The van der Waals surface area contributed by atoms with Crippen molar-refractivity contribution < 1.29 is 9.59 Å². The standard InChI is InChI=1S/C17H26N4O2/c1-13-7-5-11-18-16(13)21-15(22)10-6-12-19-17(23)20-14-8-3-2-4-9-14/h5,7,11,14H,2-4,6,8-10,12H2,1H3,(H,18,21,22)(H2,19,20,23). The first-order valence-electron chi connectivity index (χ1n) is 8.41. The molecular weight excluding hydrogens is 292 g/mol. The molecule has 1 heterocycles. The van der Waals surface area contributed by atoms with E-state index in [1.165, 1.54) is 19.3 Å². The van der Waals surface area contributed by atoms with E-state index in [9.17, 15) is 9.59 Å². The lowest BCUT2D eigenvalue weighted by atomic mass is 9.96. The highest BCUT2D eigenvalue weighted by molar-refractivity contribution is 5.90. The highest BCUT2D eigenvalue weighted by Gasteiger charge is 2.15. The fourth-order valence-corrected chi connectivity index (χ4v) is 2.75. The number of hydrogen-bond acceptors (Lipinski definition) is 3. The predicted molar refractivity (Wildman–Crippen MR) is 90.2 cm³/mol. The van der Waals surface area contributed by atoms with Crippen LogP contribution in [0.5, 0.6) is 0 Å². The molecule has 1 aromatic rings. The van der Waals surface area contributed by atoms with Gasteiger partial charge in [0, 0.05) is 25.2 Å². The number of anilines is 1. The number of aromatic nitrogens is 1. The molecule has 0 radical (unpaired) electrons. The van der Waals surface area contributed by atoms with Crippen LogP contribution in [0.25, 0.3) is 0 Å². The summed E-state index contributed by atoms with van der Waals surface area (Å²) in [5.41, 5.74) is 0.936. The normalized spacial score (nSPS) is 15.0. The second kappa shape index (κ2) is 9.12. The van der Waals surface area contributed by atoms with Gasteiger partial charge in [0.2, 0.25) is 5.91 Å². The Kier molecular flexibility index (Phi) is 6.84. The minimum Gasteiger partial charge on any atom is -0.338 e. The van der Waals surface area contributed by atoms with Gasteiger partial charge in [-0.1, -0.05) is 25.3 Å². The molecule has 1 fully saturated rings. The number of urea groups is 1. The van der Waals surface area contributed by atoms with Crippen molar-refractivity contribution in [1.82, 2.24) is 15.6 Å². The number of carbonyl (C=O) groups is 2. The molecule has 126 valence electrons. The maximum atomic E-state index is 11.8. The fourth-order valence-electron chi connectivity index (χ4n) is 2.75. The Labute approximate surface area is 137 Å². The molecule has 6 nitrogen and oxygen atoms in total. The molecule has 3 amide bonds. The first kappa shape index (κ1) is 17.2. The minimum atomic E-state index is -0.127. The number of amides is 3. The molecule has 2 rings (SSSR count). The molecule has 1 aliphatic rings. The number of aryl methyl sites for hydroxylation is 1. The number of carbonyl (C=O) groups excluding carboxylic acids is 2. The Morgan fingerprint density at radius 3 is 2.78 bits per heavy atom. The molecule has 0 aliphatic heterocycles. The van der Waals surface area contributed by atoms with E-state index < -0.39 is 0 Å². The highest BCUT2D eigenvalue weighted by atomic mass is 16.2. The first-order valence-corrected chi connectivity index (χ1v) is 8.41. The van der Waals surface area contributed by atoms with Crippen molar-refractivity contribution >= 4 is 17.8 Å². The Balaban J connectivity index is 1.58. The smallest absolute Gasteiger partial charge is 0.315 e. The van der Waals surface area contributed by atoms with E-state index in [0.29, 0.717) is 31.2 Å². The van der Waals surface area contributed by atoms with Gasteiger partial charge in [-0.25, -0.2) is 9.78 Å². The van der Waals surface area contributed by atoms with E-state index in [0.717, 1.165) is 18.4 Å². The summed E-state index contributed by atoms with van der Waals surface area (Å²) < 4.78 is 0. The summed E-state index contributed by atoms with van der Waals surface area (Å²) in [6.07, 6.45) is 8.41. The zero-order valence-electron chi connectivity index (χ0n) is 13.7. The molecular formula is C17H26N4O2. The van der Waals surface area contributed by atoms with Crippen LogP contribution in [0.4, 0.5) is 10.6 Å². The van der Waals surface area contributed by atoms with Gasteiger partial charge >= 0.3 is 6.03 Å². The Morgan fingerprint density at radius 2 is 2.04 bits per heavy atom. The van der Waals surface area contributed by atoms with E-state index in [1.807, 2.05) is 19.1 Å². The van der Waals surface area contributed by atoms with Crippen molar-refractivity contribution in [2.45, 2.75) is 57.9 Å². The minimum absolute atomic E-state index is 0.0821. The van der Waals surface area contributed by atoms with Crippen molar-refractivity contribution in [3.63, 3.8) is 0 Å². The second-order valence-electron chi connectivity index (χ2n) is 6.06. The number of rotatable bonds is 6. The van der Waals surface area contributed by atoms with Gasteiger partial charge in [-0.2, -0.15) is 0 Å². The maximum Gasteiger partial charge on any atom is 0.315 e. The van der Waals surface area contributed by atoms with Crippen LogP contribution >= 0.6 is 0 Å². The molecule has 23 heavy (non-hydrogen) atoms. The molecule has 0 spiro atoms. The number of pyridine rings is 1. The summed E-state index contributed by atoms with van der Waals surface area (Å²) >= 11 is 0. The van der Waals surface area contributed by atoms with E-state index >= 15 is 0 Å². The van der Waals surface area contributed by atoms with Gasteiger partial charge in [-0.3, -0.25) is 4.79 Å². The van der Waals surface area contributed by atoms with Crippen LogP contribution in [-0.4, -0.2) is 29.5 Å². The van der Waals surface area contributed by atoms with Crippen LogP contribution in [0.1, 0.15) is 50.5 Å². The zero-order chi connectivity index (χ0) is 16.5. The van der Waals surface area contributed by atoms with E-state index in [1.54, 1.807) is 6.20 Å². The van der Waals surface area contributed by atoms with Crippen LogP contribution in [0, 0.1) is 6.92 Å². The van der Waals surface area contributed by atoms with Gasteiger partial charge in [0.05, 0.1) is 0 Å². The van der Waals surface area contributed by atoms with Crippen molar-refractivity contribution in [3.05, 3.63) is 23.9 Å². The summed E-state index contributed by atoms with van der Waals surface area (Å²) in [5, 5.41) is 8.59. The molecule has 0 aromatic carbocycles. The lowest BCUT2D eigenvalue weighted by Gasteiger charge is -2.22. The quantitative estimate of drug-likeness (QED) is 0.705. The summed E-state index contributed by atoms with van der Waals surface area (Å²) in [5.74, 6) is 0.516. The molecule has 3 N–H and O–H groups in total. The summed E-state index contributed by atoms with van der Waals surface area (Å²) in [6, 6.07) is 3.91. The number of nitrogens with zero attached hydrogens (tertiary/aromatic N) is 1. The van der Waals surface area contributed by atoms with Gasteiger partial charge in [0.25, 0.3) is 0 Å². The lowest BCUT2D eigenvalue weighted by Crippen LogP contribution is -2.43. The van der Waals surface area contributed by atoms with Gasteiger partial charge in [-0.05, 0) is 37.8 Å². The Morgan fingerprint density at radius 1 is 1.26 bits per heavy atom. The van der Waals surface area contributed by atoms with Crippen LogP contribution in [0.3, 0.4) is 0 Å². The molecule has 1 aliphatic carbocycles. The van der Waals surface area contributed by atoms with Crippen LogP contribution in [-0.2, 0) is 4.79 Å². The van der Waals surface area contributed by atoms with E-state index in [2.05, 4.69) is 20.9 Å². The van der Waals surface area contributed by atoms with E-state index in [-0.39, 0.29) is 11.9 Å².